The summed E-state index contributed by atoms with van der Waals surface area (Å²) in [5, 5.41) is 19.3. The Hall–Kier alpha value is -3.22. The van der Waals surface area contributed by atoms with Crippen LogP contribution in [0.5, 0.6) is 0 Å². The van der Waals surface area contributed by atoms with Gasteiger partial charge in [-0.15, -0.1) is 11.3 Å². The van der Waals surface area contributed by atoms with Gasteiger partial charge in [0.25, 0.3) is 0 Å². The molecule has 0 bridgehead atoms. The van der Waals surface area contributed by atoms with Crippen LogP contribution in [-0.2, 0) is 14.4 Å². The number of nitriles is 1. The van der Waals surface area contributed by atoms with E-state index in [0.717, 1.165) is 0 Å². The number of benzene rings is 1. The highest BCUT2D eigenvalue weighted by molar-refractivity contribution is 7.14. The molecule has 2 aromatic rings. The van der Waals surface area contributed by atoms with Gasteiger partial charge in [0.1, 0.15) is 11.1 Å². The average molecular weight is 399 g/mol. The molecular formula is C19H21N5O3S. The normalized spacial score (nSPS) is 10.2. The first kappa shape index (κ1) is 21.1. The fourth-order valence-electron chi connectivity index (χ4n) is 2.39. The van der Waals surface area contributed by atoms with Gasteiger partial charge in [-0.2, -0.15) is 5.26 Å². The number of carbonyl (C=O) groups is 3. The number of hydrogen-bond donors (Lipinski definition) is 3. The number of likely N-dealkylation sites (N-methyl/N-ethyl adjacent to an activating group) is 1. The SMILES string of the molecule is CCN(CC(=O)Nc1ccc(NC(C)=O)cc1)CC(=O)Nc1sccc1C#N. The summed E-state index contributed by atoms with van der Waals surface area (Å²) >= 11 is 1.28. The van der Waals surface area contributed by atoms with E-state index >= 15 is 0 Å². The molecule has 3 amide bonds. The van der Waals surface area contributed by atoms with Crippen LogP contribution in [0.15, 0.2) is 35.7 Å². The summed E-state index contributed by atoms with van der Waals surface area (Å²) in [4.78, 5) is 37.1. The van der Waals surface area contributed by atoms with Crippen LogP contribution >= 0.6 is 11.3 Å². The summed E-state index contributed by atoms with van der Waals surface area (Å²) in [6, 6.07) is 10.4. The fraction of sp³-hybridized carbons (Fsp3) is 0.263. The second-order valence-electron chi connectivity index (χ2n) is 5.93. The van der Waals surface area contributed by atoms with E-state index in [-0.39, 0.29) is 30.8 Å². The van der Waals surface area contributed by atoms with Gasteiger partial charge in [0.15, 0.2) is 0 Å². The highest BCUT2D eigenvalue weighted by atomic mass is 32.1. The number of thiophene rings is 1. The third kappa shape index (κ3) is 6.50. The van der Waals surface area contributed by atoms with E-state index in [1.54, 1.807) is 40.6 Å². The summed E-state index contributed by atoms with van der Waals surface area (Å²) in [5.41, 5.74) is 1.65. The van der Waals surface area contributed by atoms with Gasteiger partial charge >= 0.3 is 0 Å². The van der Waals surface area contributed by atoms with Crippen molar-refractivity contribution < 1.29 is 14.4 Å². The van der Waals surface area contributed by atoms with Gasteiger partial charge in [-0.05, 0) is 42.3 Å². The van der Waals surface area contributed by atoms with Crippen LogP contribution in [0.2, 0.25) is 0 Å². The highest BCUT2D eigenvalue weighted by Crippen LogP contribution is 2.22. The lowest BCUT2D eigenvalue weighted by Crippen LogP contribution is -2.38. The minimum Gasteiger partial charge on any atom is -0.326 e. The summed E-state index contributed by atoms with van der Waals surface area (Å²) in [7, 11) is 0. The molecule has 0 aliphatic heterocycles. The molecule has 2 rings (SSSR count). The molecule has 0 saturated heterocycles. The molecule has 0 unspecified atom stereocenters. The first-order chi connectivity index (χ1) is 13.4. The van der Waals surface area contributed by atoms with Crippen LogP contribution in [0, 0.1) is 11.3 Å². The van der Waals surface area contributed by atoms with Crippen molar-refractivity contribution in [1.29, 1.82) is 5.26 Å². The summed E-state index contributed by atoms with van der Waals surface area (Å²) in [5.74, 6) is -0.706. The molecule has 0 saturated carbocycles. The van der Waals surface area contributed by atoms with E-state index in [4.69, 9.17) is 5.26 Å². The van der Waals surface area contributed by atoms with Gasteiger partial charge in [-0.25, -0.2) is 0 Å². The van der Waals surface area contributed by atoms with E-state index in [9.17, 15) is 14.4 Å². The van der Waals surface area contributed by atoms with E-state index in [2.05, 4.69) is 16.0 Å². The van der Waals surface area contributed by atoms with Crippen LogP contribution in [0.4, 0.5) is 16.4 Å². The van der Waals surface area contributed by atoms with Gasteiger partial charge in [0, 0.05) is 18.3 Å². The molecule has 146 valence electrons. The second kappa shape index (κ2) is 10.2. The van der Waals surface area contributed by atoms with E-state index in [1.807, 2.05) is 13.0 Å². The van der Waals surface area contributed by atoms with Crippen LogP contribution in [0.25, 0.3) is 0 Å². The van der Waals surface area contributed by atoms with Gasteiger partial charge in [-0.3, -0.25) is 19.3 Å². The highest BCUT2D eigenvalue weighted by Gasteiger charge is 2.15. The lowest BCUT2D eigenvalue weighted by molar-refractivity contribution is -0.120. The second-order valence-corrected chi connectivity index (χ2v) is 6.85. The number of amides is 3. The van der Waals surface area contributed by atoms with Gasteiger partial charge in [0.05, 0.1) is 18.7 Å². The van der Waals surface area contributed by atoms with E-state index < -0.39 is 0 Å². The van der Waals surface area contributed by atoms with Crippen LogP contribution < -0.4 is 16.0 Å². The maximum absolute atomic E-state index is 12.2. The zero-order valence-corrected chi connectivity index (χ0v) is 16.4. The first-order valence-corrected chi connectivity index (χ1v) is 9.46. The molecule has 0 fully saturated rings. The smallest absolute Gasteiger partial charge is 0.239 e. The Bertz CT molecular complexity index is 886. The molecule has 0 spiro atoms. The van der Waals surface area contributed by atoms with Crippen molar-refractivity contribution in [1.82, 2.24) is 4.90 Å². The van der Waals surface area contributed by atoms with Crippen molar-refractivity contribution in [2.24, 2.45) is 0 Å². The third-order valence-electron chi connectivity index (χ3n) is 3.71. The number of nitrogens with zero attached hydrogens (tertiary/aromatic N) is 2. The topological polar surface area (TPSA) is 114 Å². The molecule has 9 heteroatoms. The Balaban J connectivity index is 1.86. The van der Waals surface area contributed by atoms with Gasteiger partial charge in [0.2, 0.25) is 17.7 Å². The predicted octanol–water partition coefficient (Wildman–Crippen LogP) is 2.48. The zero-order chi connectivity index (χ0) is 20.5. The van der Waals surface area contributed by atoms with Crippen LogP contribution in [0.1, 0.15) is 19.4 Å². The standard InChI is InChI=1S/C19H21N5O3S/c1-3-24(12-18(27)23-19-14(10-20)8-9-28-19)11-17(26)22-16-6-4-15(5-7-16)21-13(2)25/h4-9H,3,11-12H2,1-2H3,(H,21,25)(H,22,26)(H,23,27). The molecule has 0 radical (unpaired) electrons. The summed E-state index contributed by atoms with van der Waals surface area (Å²) in [6.07, 6.45) is 0. The van der Waals surface area contributed by atoms with Crippen molar-refractivity contribution in [2.45, 2.75) is 13.8 Å². The summed E-state index contributed by atoms with van der Waals surface area (Å²) in [6.45, 7) is 3.87. The molecule has 0 atom stereocenters. The quantitative estimate of drug-likeness (QED) is 0.631. The number of carbonyl (C=O) groups excluding carboxylic acids is 3. The minimum absolute atomic E-state index is 0.0359. The average Bonchev–Trinajstić information content (AvgIpc) is 3.09. The number of hydrogen-bond acceptors (Lipinski definition) is 6. The van der Waals surface area contributed by atoms with Gasteiger partial charge < -0.3 is 16.0 Å². The Morgan fingerprint density at radius 3 is 2.11 bits per heavy atom. The lowest BCUT2D eigenvalue weighted by Gasteiger charge is -2.19. The molecular weight excluding hydrogens is 378 g/mol. The molecule has 0 aliphatic rings. The molecule has 28 heavy (non-hydrogen) atoms. The fourth-order valence-corrected chi connectivity index (χ4v) is 3.14. The van der Waals surface area contributed by atoms with Crippen molar-refractivity contribution >= 4 is 45.4 Å². The minimum atomic E-state index is -0.284. The summed E-state index contributed by atoms with van der Waals surface area (Å²) < 4.78 is 0. The maximum Gasteiger partial charge on any atom is 0.239 e. The number of nitrogens with one attached hydrogen (secondary N) is 3. The molecule has 1 heterocycles. The Morgan fingerprint density at radius 2 is 1.57 bits per heavy atom. The van der Waals surface area contributed by atoms with Crippen molar-refractivity contribution in [3.8, 4) is 6.07 Å². The molecule has 1 aromatic carbocycles. The Morgan fingerprint density at radius 1 is 1.00 bits per heavy atom. The third-order valence-corrected chi connectivity index (χ3v) is 4.54. The zero-order valence-electron chi connectivity index (χ0n) is 15.6. The monoisotopic (exact) mass is 399 g/mol. The van der Waals surface area contributed by atoms with Gasteiger partial charge in [-0.1, -0.05) is 6.92 Å². The first-order valence-electron chi connectivity index (χ1n) is 8.58. The molecule has 0 aliphatic carbocycles. The van der Waals surface area contributed by atoms with Crippen LogP contribution in [-0.4, -0.2) is 42.3 Å². The van der Waals surface area contributed by atoms with Crippen LogP contribution in [0.3, 0.4) is 0 Å². The van der Waals surface area contributed by atoms with E-state index in [0.29, 0.717) is 28.5 Å². The van der Waals surface area contributed by atoms with E-state index in [1.165, 1.54) is 18.3 Å². The molecule has 3 N–H and O–H groups in total. The predicted molar refractivity (Wildman–Crippen MR) is 109 cm³/mol. The van der Waals surface area contributed by atoms with Crippen molar-refractivity contribution in [3.05, 3.63) is 41.3 Å². The number of anilines is 3. The van der Waals surface area contributed by atoms with Crippen molar-refractivity contribution in [3.63, 3.8) is 0 Å². The largest absolute Gasteiger partial charge is 0.326 e. The molecule has 8 nitrogen and oxygen atoms in total. The number of rotatable bonds is 8. The Kier molecular flexibility index (Phi) is 7.68. The molecule has 1 aromatic heterocycles. The lowest BCUT2D eigenvalue weighted by atomic mass is 10.2. The van der Waals surface area contributed by atoms with Crippen molar-refractivity contribution in [2.75, 3.05) is 35.6 Å². The Labute approximate surface area is 167 Å². The maximum atomic E-state index is 12.2.